The highest BCUT2D eigenvalue weighted by molar-refractivity contribution is 7.89. The highest BCUT2D eigenvalue weighted by Crippen LogP contribution is 2.49. The Kier molecular flexibility index (Phi) is 6.30. The van der Waals surface area contributed by atoms with Gasteiger partial charge in [-0.3, -0.25) is 9.52 Å². The number of ketones is 1. The molecule has 0 fully saturated rings. The van der Waals surface area contributed by atoms with E-state index in [1.807, 2.05) is 26.8 Å². The zero-order valence-electron chi connectivity index (χ0n) is 21.3. The molecule has 0 spiro atoms. The van der Waals surface area contributed by atoms with E-state index in [1.54, 1.807) is 6.08 Å². The number of benzene rings is 2. The molecule has 1 aromatic heterocycles. The summed E-state index contributed by atoms with van der Waals surface area (Å²) in [6, 6.07) is 8.61. The molecule has 9 nitrogen and oxygen atoms in total. The number of sulfonamides is 1. The molecule has 2 aliphatic rings. The van der Waals surface area contributed by atoms with Gasteiger partial charge in [0, 0.05) is 0 Å². The summed E-state index contributed by atoms with van der Waals surface area (Å²) in [7, 11) is -2.46. The predicted molar refractivity (Wildman–Crippen MR) is 140 cm³/mol. The van der Waals surface area contributed by atoms with E-state index in [0.717, 1.165) is 12.6 Å². The van der Waals surface area contributed by atoms with Crippen molar-refractivity contribution in [2.75, 3.05) is 7.11 Å². The van der Waals surface area contributed by atoms with E-state index < -0.39 is 21.2 Å². The average molecular weight is 537 g/mol. The monoisotopic (exact) mass is 536 g/mol. The van der Waals surface area contributed by atoms with Gasteiger partial charge in [-0.2, -0.15) is 0 Å². The first-order valence-electron chi connectivity index (χ1n) is 12.1. The van der Waals surface area contributed by atoms with Crippen LogP contribution < -0.4 is 24.6 Å². The second-order valence-corrected chi connectivity index (χ2v) is 11.3. The zero-order valence-corrected chi connectivity index (χ0v) is 22.2. The normalized spacial score (nSPS) is 16.9. The number of carbonyl (C=O) groups is 1. The van der Waals surface area contributed by atoms with Crippen LogP contribution in [0.3, 0.4) is 0 Å². The Morgan fingerprint density at radius 1 is 1.16 bits per heavy atom. The molecular weight excluding hydrogens is 510 g/mol. The minimum absolute atomic E-state index is 0.0149. The summed E-state index contributed by atoms with van der Waals surface area (Å²) in [5, 5.41) is 0.516. The van der Waals surface area contributed by atoms with Gasteiger partial charge >= 0.3 is 5.63 Å². The van der Waals surface area contributed by atoms with Crippen molar-refractivity contribution >= 4 is 32.9 Å². The van der Waals surface area contributed by atoms with Crippen LogP contribution in [0.25, 0.3) is 17.0 Å². The van der Waals surface area contributed by atoms with Crippen LogP contribution in [-0.2, 0) is 16.4 Å². The number of rotatable bonds is 6. The molecule has 3 heterocycles. The Balaban J connectivity index is 1.62. The van der Waals surface area contributed by atoms with E-state index in [9.17, 15) is 18.0 Å². The highest BCUT2D eigenvalue weighted by Gasteiger charge is 2.36. The van der Waals surface area contributed by atoms with Crippen molar-refractivity contribution < 1.29 is 31.8 Å². The van der Waals surface area contributed by atoms with Crippen molar-refractivity contribution in [2.45, 2.75) is 50.5 Å². The molecule has 1 radical (unpaired) electrons. The van der Waals surface area contributed by atoms with Crippen LogP contribution in [0, 0.1) is 6.07 Å². The number of ether oxygens (including phenoxy) is 3. The number of hydrogen-bond acceptors (Lipinski definition) is 8. The Labute approximate surface area is 219 Å². The molecule has 2 aliphatic heterocycles. The van der Waals surface area contributed by atoms with Crippen molar-refractivity contribution in [3.05, 3.63) is 75.5 Å². The maximum atomic E-state index is 13.4. The van der Waals surface area contributed by atoms with E-state index in [0.29, 0.717) is 34.4 Å². The minimum Gasteiger partial charge on any atom is -0.497 e. The Morgan fingerprint density at radius 3 is 2.58 bits per heavy atom. The van der Waals surface area contributed by atoms with Crippen molar-refractivity contribution in [1.82, 2.24) is 4.72 Å². The summed E-state index contributed by atoms with van der Waals surface area (Å²) in [5.74, 6) is 0.772. The molecule has 2 aromatic carbocycles. The number of nitrogens with one attached hydrogen (secondary N) is 1. The van der Waals surface area contributed by atoms with Gasteiger partial charge < -0.3 is 18.6 Å². The van der Waals surface area contributed by atoms with Crippen LogP contribution in [0.5, 0.6) is 17.2 Å². The van der Waals surface area contributed by atoms with Gasteiger partial charge in [0.1, 0.15) is 28.4 Å². The Bertz CT molecular complexity index is 1680. The maximum Gasteiger partial charge on any atom is 0.344 e. The van der Waals surface area contributed by atoms with Crippen LogP contribution in [0.1, 0.15) is 55.1 Å². The summed E-state index contributed by atoms with van der Waals surface area (Å²) in [5.41, 5.74) is -0.0620. The summed E-state index contributed by atoms with van der Waals surface area (Å²) >= 11 is 0. The van der Waals surface area contributed by atoms with E-state index in [4.69, 9.17) is 18.6 Å². The number of aryl methyl sites for hydroxylation is 1. The van der Waals surface area contributed by atoms with E-state index in [1.165, 1.54) is 31.4 Å². The Hall–Kier alpha value is -4.05. The van der Waals surface area contributed by atoms with Crippen molar-refractivity contribution in [2.24, 2.45) is 0 Å². The molecule has 0 unspecified atom stereocenters. The molecule has 38 heavy (non-hydrogen) atoms. The molecule has 3 aromatic rings. The third-order valence-corrected chi connectivity index (χ3v) is 7.58. The van der Waals surface area contributed by atoms with Crippen LogP contribution in [0.15, 0.2) is 56.4 Å². The first-order valence-corrected chi connectivity index (χ1v) is 13.5. The summed E-state index contributed by atoms with van der Waals surface area (Å²) in [4.78, 5) is 25.8. The van der Waals surface area contributed by atoms with Crippen LogP contribution in [0.2, 0.25) is 0 Å². The fraction of sp³-hybridized carbons (Fsp3) is 0.286. The third-order valence-electron chi connectivity index (χ3n) is 6.26. The van der Waals surface area contributed by atoms with Crippen molar-refractivity contribution in [1.29, 1.82) is 0 Å². The number of carbonyl (C=O) groups excluding carboxylic acids is 1. The van der Waals surface area contributed by atoms with E-state index >= 15 is 0 Å². The van der Waals surface area contributed by atoms with Gasteiger partial charge in [0.15, 0.2) is 17.1 Å². The van der Waals surface area contributed by atoms with Gasteiger partial charge in [0.05, 0.1) is 41.6 Å². The first kappa shape index (κ1) is 25.6. The number of hydrogen-bond donors (Lipinski definition) is 1. The van der Waals surface area contributed by atoms with E-state index in [2.05, 4.69) is 10.8 Å². The lowest BCUT2D eigenvalue weighted by molar-refractivity contribution is 0.0963. The maximum absolute atomic E-state index is 13.4. The molecule has 5 rings (SSSR count). The lowest BCUT2D eigenvalue weighted by Crippen LogP contribution is -2.29. The van der Waals surface area contributed by atoms with Gasteiger partial charge in [-0.25, -0.2) is 13.2 Å². The average Bonchev–Trinajstić information content (AvgIpc) is 2.86. The fourth-order valence-corrected chi connectivity index (χ4v) is 5.40. The standard InChI is InChI=1S/C28H26NO8S/c1-5-6-16-13-22(31)36-27-23(16)26-20(11-12-28(2,3)37-26)25-24(27)21(30)14-18(35-25)15-29-38(32,33)19-9-7-17(34-4)8-10-19/h7-12,15,29H,5-6,14H2,1-4H3. The molecule has 0 bridgehead atoms. The predicted octanol–water partition coefficient (Wildman–Crippen LogP) is 4.52. The summed E-state index contributed by atoms with van der Waals surface area (Å²) in [6.45, 7) is 5.73. The SMILES string of the molecule is CCCc1[c]c(=O)oc2c3c(c4c(c12)OC(C)(C)C=C4)OC(=CNS(=O)(=O)c1ccc(OC)cc1)CC3=O. The van der Waals surface area contributed by atoms with Crippen molar-refractivity contribution in [3.8, 4) is 17.2 Å². The molecule has 0 saturated heterocycles. The van der Waals surface area contributed by atoms with Gasteiger partial charge in [0.2, 0.25) is 0 Å². The number of allylic oxidation sites excluding steroid dienone is 1. The molecule has 0 atom stereocenters. The lowest BCUT2D eigenvalue weighted by Gasteiger charge is -2.32. The Morgan fingerprint density at radius 2 is 1.89 bits per heavy atom. The van der Waals surface area contributed by atoms with Crippen LogP contribution >= 0.6 is 0 Å². The van der Waals surface area contributed by atoms with E-state index in [-0.39, 0.29) is 39.8 Å². The van der Waals surface area contributed by atoms with Gasteiger partial charge in [0.25, 0.3) is 10.0 Å². The number of fused-ring (bicyclic) bond motifs is 6. The quantitative estimate of drug-likeness (QED) is 0.457. The largest absolute Gasteiger partial charge is 0.497 e. The van der Waals surface area contributed by atoms with Crippen LogP contribution in [0.4, 0.5) is 0 Å². The molecule has 0 aliphatic carbocycles. The summed E-state index contributed by atoms with van der Waals surface area (Å²) in [6.07, 6.45) is 5.82. The fourth-order valence-electron chi connectivity index (χ4n) is 4.48. The smallest absolute Gasteiger partial charge is 0.344 e. The zero-order chi connectivity index (χ0) is 27.2. The lowest BCUT2D eigenvalue weighted by atomic mass is 9.90. The number of methoxy groups -OCH3 is 1. The van der Waals surface area contributed by atoms with Gasteiger partial charge in [-0.05, 0) is 62.2 Å². The highest BCUT2D eigenvalue weighted by atomic mass is 32.2. The summed E-state index contributed by atoms with van der Waals surface area (Å²) < 4.78 is 50.9. The van der Waals surface area contributed by atoms with Crippen LogP contribution in [-0.4, -0.2) is 26.9 Å². The number of Topliss-reactive ketones (excluding diaryl/α,β-unsaturated/α-hetero) is 1. The molecule has 197 valence electrons. The third kappa shape index (κ3) is 4.56. The van der Waals surface area contributed by atoms with Gasteiger partial charge in [-0.1, -0.05) is 13.3 Å². The second kappa shape index (κ2) is 9.36. The molecule has 10 heteroatoms. The molecule has 0 amide bonds. The minimum atomic E-state index is -3.94. The molecule has 1 N–H and O–H groups in total. The topological polar surface area (TPSA) is 121 Å². The molecular formula is C28H26NO8S. The first-order chi connectivity index (χ1) is 18.0. The van der Waals surface area contributed by atoms with Gasteiger partial charge in [-0.15, -0.1) is 0 Å². The molecule has 0 saturated carbocycles. The second-order valence-electron chi connectivity index (χ2n) is 9.54. The van der Waals surface area contributed by atoms with Crippen molar-refractivity contribution in [3.63, 3.8) is 0 Å².